The number of aliphatic hydroxyl groups excluding tert-OH is 2. The number of aliphatic hydroxyl groups is 2. The number of hydrogen-bond donors (Lipinski definition) is 3. The highest BCUT2D eigenvalue weighted by atomic mass is 16.6. The average Bonchev–Trinajstić information content (AvgIpc) is 2.37. The van der Waals surface area contributed by atoms with Crippen LogP contribution in [0, 0.1) is 0 Å². The van der Waals surface area contributed by atoms with Crippen molar-refractivity contribution in [2.24, 2.45) is 0 Å². The van der Waals surface area contributed by atoms with Crippen molar-refractivity contribution in [1.29, 1.82) is 0 Å². The Hall–Kier alpha value is -0.690. The zero-order chi connectivity index (χ0) is 10.0. The lowest BCUT2D eigenvalue weighted by molar-refractivity contribution is -0.160. The minimum Gasteiger partial charge on any atom is -0.479 e. The molecule has 1 unspecified atom stereocenters. The van der Waals surface area contributed by atoms with Crippen molar-refractivity contribution < 1.29 is 29.6 Å². The Bertz CT molecular complexity index is 193. The largest absolute Gasteiger partial charge is 0.479 e. The second-order valence-corrected chi connectivity index (χ2v) is 2.85. The zero-order valence-corrected chi connectivity index (χ0v) is 7.08. The van der Waals surface area contributed by atoms with Gasteiger partial charge in [0.05, 0.1) is 6.61 Å². The second kappa shape index (κ2) is 4.01. The Morgan fingerprint density at radius 1 is 1.62 bits per heavy atom. The number of rotatable bonds is 3. The van der Waals surface area contributed by atoms with E-state index in [0.29, 0.717) is 0 Å². The molecule has 4 atom stereocenters. The van der Waals surface area contributed by atoms with Crippen molar-refractivity contribution in [3.05, 3.63) is 0 Å². The van der Waals surface area contributed by atoms with Gasteiger partial charge in [-0.1, -0.05) is 0 Å². The number of carboxylic acid groups (broad SMARTS) is 1. The summed E-state index contributed by atoms with van der Waals surface area (Å²) in [4.78, 5) is 10.6. The normalized spacial score (nSPS) is 36.1. The zero-order valence-electron chi connectivity index (χ0n) is 7.08. The first-order valence-electron chi connectivity index (χ1n) is 3.81. The molecule has 0 saturated carbocycles. The van der Waals surface area contributed by atoms with Crippen molar-refractivity contribution in [3.8, 4) is 0 Å². The molecule has 0 aromatic carbocycles. The molecule has 0 amide bonds. The first kappa shape index (κ1) is 10.4. The minimum atomic E-state index is -1.24. The van der Waals surface area contributed by atoms with Gasteiger partial charge in [0, 0.05) is 7.11 Å². The van der Waals surface area contributed by atoms with E-state index < -0.39 is 30.4 Å². The van der Waals surface area contributed by atoms with Crippen LogP contribution in [0.1, 0.15) is 0 Å². The molecule has 1 aliphatic rings. The molecule has 0 aliphatic carbocycles. The van der Waals surface area contributed by atoms with E-state index in [1.165, 1.54) is 7.11 Å². The van der Waals surface area contributed by atoms with Crippen LogP contribution in [0.15, 0.2) is 0 Å². The number of carbonyl (C=O) groups is 1. The average molecular weight is 192 g/mol. The van der Waals surface area contributed by atoms with Crippen LogP contribution in [0.2, 0.25) is 0 Å². The maximum Gasteiger partial charge on any atom is 0.335 e. The molecule has 1 aliphatic heterocycles. The molecule has 6 heteroatoms. The van der Waals surface area contributed by atoms with Gasteiger partial charge in [0.2, 0.25) is 0 Å². The summed E-state index contributed by atoms with van der Waals surface area (Å²) in [7, 11) is 1.21. The number of ether oxygens (including phenoxy) is 2. The highest BCUT2D eigenvalue weighted by molar-refractivity contribution is 5.73. The Labute approximate surface area is 74.7 Å². The summed E-state index contributed by atoms with van der Waals surface area (Å²) in [5.41, 5.74) is 0. The molecule has 13 heavy (non-hydrogen) atoms. The standard InChI is InChI=1S/C7H12O6/c1-12-6(7(10)11)5-4(9)3(8)2-13-5/h3-6,8-9H,2H2,1H3,(H,10,11)/t3-,4+,5+,6?/m0/s1. The molecular formula is C7H12O6. The quantitative estimate of drug-likeness (QED) is 0.488. The molecule has 0 spiro atoms. The predicted molar refractivity (Wildman–Crippen MR) is 40.2 cm³/mol. The number of carboxylic acids is 1. The van der Waals surface area contributed by atoms with Crippen LogP contribution in [0.3, 0.4) is 0 Å². The lowest BCUT2D eigenvalue weighted by atomic mass is 10.1. The molecular weight excluding hydrogens is 180 g/mol. The maximum absolute atomic E-state index is 10.6. The highest BCUT2D eigenvalue weighted by Gasteiger charge is 2.43. The second-order valence-electron chi connectivity index (χ2n) is 2.85. The first-order chi connectivity index (χ1) is 6.07. The van der Waals surface area contributed by atoms with Gasteiger partial charge in [-0.2, -0.15) is 0 Å². The molecule has 0 aromatic heterocycles. The van der Waals surface area contributed by atoms with E-state index in [4.69, 9.17) is 14.9 Å². The van der Waals surface area contributed by atoms with Crippen LogP contribution < -0.4 is 0 Å². The van der Waals surface area contributed by atoms with Crippen LogP contribution in [-0.2, 0) is 14.3 Å². The topological polar surface area (TPSA) is 96.2 Å². The number of aliphatic carboxylic acids is 1. The van der Waals surface area contributed by atoms with Crippen molar-refractivity contribution in [2.75, 3.05) is 13.7 Å². The Morgan fingerprint density at radius 3 is 2.54 bits per heavy atom. The van der Waals surface area contributed by atoms with Gasteiger partial charge >= 0.3 is 5.97 Å². The van der Waals surface area contributed by atoms with Gasteiger partial charge in [0.15, 0.2) is 6.10 Å². The summed E-state index contributed by atoms with van der Waals surface area (Å²) in [6.07, 6.45) is -4.49. The van der Waals surface area contributed by atoms with Gasteiger partial charge in [-0.25, -0.2) is 4.79 Å². The van der Waals surface area contributed by atoms with E-state index in [1.807, 2.05) is 0 Å². The first-order valence-corrected chi connectivity index (χ1v) is 3.81. The molecule has 6 nitrogen and oxygen atoms in total. The van der Waals surface area contributed by atoms with Crippen LogP contribution in [0.5, 0.6) is 0 Å². The smallest absolute Gasteiger partial charge is 0.335 e. The van der Waals surface area contributed by atoms with E-state index in [1.54, 1.807) is 0 Å². The molecule has 1 heterocycles. The molecule has 3 N–H and O–H groups in total. The third-order valence-corrected chi connectivity index (χ3v) is 1.99. The van der Waals surface area contributed by atoms with Crippen molar-refractivity contribution in [1.82, 2.24) is 0 Å². The maximum atomic E-state index is 10.6. The van der Waals surface area contributed by atoms with Gasteiger partial charge < -0.3 is 24.8 Å². The lowest BCUT2D eigenvalue weighted by Crippen LogP contribution is -2.43. The van der Waals surface area contributed by atoms with Crippen LogP contribution in [0.25, 0.3) is 0 Å². The molecule has 1 fully saturated rings. The molecule has 1 rings (SSSR count). The van der Waals surface area contributed by atoms with Gasteiger partial charge in [0.1, 0.15) is 18.3 Å². The van der Waals surface area contributed by atoms with E-state index in [2.05, 4.69) is 4.74 Å². The number of hydrogen-bond acceptors (Lipinski definition) is 5. The summed E-state index contributed by atoms with van der Waals surface area (Å²) in [5, 5.41) is 27.0. The lowest BCUT2D eigenvalue weighted by Gasteiger charge is -2.20. The fourth-order valence-electron chi connectivity index (χ4n) is 1.27. The fourth-order valence-corrected chi connectivity index (χ4v) is 1.27. The van der Waals surface area contributed by atoms with Crippen molar-refractivity contribution >= 4 is 5.97 Å². The highest BCUT2D eigenvalue weighted by Crippen LogP contribution is 2.19. The van der Waals surface area contributed by atoms with Crippen LogP contribution in [-0.4, -0.2) is 59.4 Å². The molecule has 0 bridgehead atoms. The summed E-state index contributed by atoms with van der Waals surface area (Å²) in [6, 6.07) is 0. The van der Waals surface area contributed by atoms with E-state index in [0.717, 1.165) is 0 Å². The van der Waals surface area contributed by atoms with Crippen LogP contribution in [0.4, 0.5) is 0 Å². The van der Waals surface area contributed by atoms with E-state index >= 15 is 0 Å². The third kappa shape index (κ3) is 1.97. The van der Waals surface area contributed by atoms with Crippen molar-refractivity contribution in [3.63, 3.8) is 0 Å². The predicted octanol–water partition coefficient (Wildman–Crippen LogP) is -1.79. The van der Waals surface area contributed by atoms with Gasteiger partial charge in [-0.3, -0.25) is 0 Å². The Morgan fingerprint density at radius 2 is 2.23 bits per heavy atom. The Balaban J connectivity index is 2.65. The summed E-state index contributed by atoms with van der Waals surface area (Å²) in [5.74, 6) is -1.22. The van der Waals surface area contributed by atoms with E-state index in [9.17, 15) is 9.90 Å². The third-order valence-electron chi connectivity index (χ3n) is 1.99. The summed E-state index contributed by atoms with van der Waals surface area (Å²) >= 11 is 0. The fraction of sp³-hybridized carbons (Fsp3) is 0.857. The molecule has 76 valence electrons. The van der Waals surface area contributed by atoms with Gasteiger partial charge in [0.25, 0.3) is 0 Å². The minimum absolute atomic E-state index is 0.0705. The number of methoxy groups -OCH3 is 1. The van der Waals surface area contributed by atoms with Crippen molar-refractivity contribution in [2.45, 2.75) is 24.4 Å². The van der Waals surface area contributed by atoms with Gasteiger partial charge in [-0.15, -0.1) is 0 Å². The van der Waals surface area contributed by atoms with Gasteiger partial charge in [-0.05, 0) is 0 Å². The molecule has 0 aromatic rings. The summed E-state index contributed by atoms with van der Waals surface area (Å²) < 4.78 is 9.50. The SMILES string of the molecule is COC(C(=O)O)[C@@H]1OC[C@H](O)[C@H]1O. The molecule has 0 radical (unpaired) electrons. The summed E-state index contributed by atoms with van der Waals surface area (Å²) in [6.45, 7) is -0.0705. The van der Waals surface area contributed by atoms with Crippen LogP contribution >= 0.6 is 0 Å². The van der Waals surface area contributed by atoms with E-state index in [-0.39, 0.29) is 6.61 Å². The molecule has 1 saturated heterocycles. The monoisotopic (exact) mass is 192 g/mol. The Kier molecular flexibility index (Phi) is 3.21.